The fourth-order valence-corrected chi connectivity index (χ4v) is 4.33. The van der Waals surface area contributed by atoms with Gasteiger partial charge in [0, 0.05) is 41.5 Å². The quantitative estimate of drug-likeness (QED) is 0.117. The van der Waals surface area contributed by atoms with E-state index in [9.17, 15) is 10.1 Å². The van der Waals surface area contributed by atoms with E-state index >= 15 is 0 Å². The zero-order chi connectivity index (χ0) is 27.4. The molecule has 5 aromatic rings. The molecule has 5 rings (SSSR count). The summed E-state index contributed by atoms with van der Waals surface area (Å²) in [6.45, 7) is 0.850. The number of rotatable bonds is 9. The Bertz CT molecular complexity index is 1640. The third-order valence-corrected chi connectivity index (χ3v) is 6.25. The van der Waals surface area contributed by atoms with Gasteiger partial charge in [-0.2, -0.15) is 0 Å². The van der Waals surface area contributed by atoms with Crippen LogP contribution in [0.2, 0.25) is 10.0 Å². The lowest BCUT2D eigenvalue weighted by molar-refractivity contribution is -0.384. The molecule has 0 saturated heterocycles. The predicted molar refractivity (Wildman–Crippen MR) is 152 cm³/mol. The zero-order valence-electron chi connectivity index (χ0n) is 20.3. The number of aromatic nitrogens is 5. The van der Waals surface area contributed by atoms with Crippen LogP contribution in [0.3, 0.4) is 0 Å². The average molecular weight is 562 g/mol. The minimum Gasteiger partial charge on any atom is -0.378 e. The molecule has 0 aliphatic heterocycles. The van der Waals surface area contributed by atoms with Crippen LogP contribution >= 0.6 is 23.2 Å². The predicted octanol–water partition coefficient (Wildman–Crippen LogP) is 5.71. The van der Waals surface area contributed by atoms with Gasteiger partial charge in [0.25, 0.3) is 0 Å². The molecule has 2 aromatic carbocycles. The normalized spacial score (nSPS) is 10.8. The molecule has 0 unspecified atom stereocenters. The number of nitrogen functional groups attached to an aromatic ring is 1. The molecule has 3 aromatic heterocycles. The lowest BCUT2D eigenvalue weighted by Gasteiger charge is -2.13. The molecule has 13 heteroatoms. The molecule has 11 nitrogen and oxygen atoms in total. The Morgan fingerprint density at radius 2 is 1.77 bits per heavy atom. The molecule has 0 radical (unpaired) electrons. The van der Waals surface area contributed by atoms with E-state index in [1.54, 1.807) is 24.7 Å². The van der Waals surface area contributed by atoms with E-state index in [1.165, 1.54) is 12.1 Å². The number of nitrogens with one attached hydrogen (secondary N) is 2. The lowest BCUT2D eigenvalue weighted by Crippen LogP contribution is -2.16. The maximum atomic E-state index is 10.9. The number of benzene rings is 2. The van der Waals surface area contributed by atoms with E-state index in [4.69, 9.17) is 33.9 Å². The van der Waals surface area contributed by atoms with Crippen molar-refractivity contribution in [3.05, 3.63) is 99.5 Å². The summed E-state index contributed by atoms with van der Waals surface area (Å²) in [7, 11) is 0. The van der Waals surface area contributed by atoms with Crippen LogP contribution in [-0.2, 0) is 0 Å². The minimum absolute atomic E-state index is 0.156. The van der Waals surface area contributed by atoms with E-state index < -0.39 is 4.92 Å². The monoisotopic (exact) mass is 561 g/mol. The standard InChI is InChI=1S/C26H21Cl2N9O2/c27-17-6-7-18(19(28)12-17)24-22(36-14-20(33-15-36)16-4-2-1-3-5-16)13-32-26(35-24)31-11-10-30-23-9-8-21(37(38)39)25(29)34-23/h1-9,12-15H,10-11H2,(H3,29,30,34)(H,31,32,35). The highest BCUT2D eigenvalue weighted by molar-refractivity contribution is 6.36. The van der Waals surface area contributed by atoms with Crippen LogP contribution < -0.4 is 16.4 Å². The molecular formula is C26H21Cl2N9O2. The van der Waals surface area contributed by atoms with Gasteiger partial charge in [0.2, 0.25) is 11.8 Å². The van der Waals surface area contributed by atoms with E-state index in [1.807, 2.05) is 47.2 Å². The van der Waals surface area contributed by atoms with Crippen LogP contribution in [0.5, 0.6) is 0 Å². The van der Waals surface area contributed by atoms with E-state index in [-0.39, 0.29) is 11.5 Å². The van der Waals surface area contributed by atoms with Crippen molar-refractivity contribution in [2.24, 2.45) is 0 Å². The summed E-state index contributed by atoms with van der Waals surface area (Å²) in [6.07, 6.45) is 5.30. The van der Waals surface area contributed by atoms with Crippen molar-refractivity contribution >= 4 is 46.5 Å². The van der Waals surface area contributed by atoms with Crippen LogP contribution in [-0.4, -0.2) is 42.5 Å². The van der Waals surface area contributed by atoms with Gasteiger partial charge in [-0.1, -0.05) is 53.5 Å². The Hall–Kier alpha value is -4.74. The third kappa shape index (κ3) is 5.89. The van der Waals surface area contributed by atoms with Crippen molar-refractivity contribution in [2.75, 3.05) is 29.5 Å². The number of nitro groups is 1. The van der Waals surface area contributed by atoms with Crippen LogP contribution in [0, 0.1) is 10.1 Å². The Balaban J connectivity index is 1.37. The summed E-state index contributed by atoms with van der Waals surface area (Å²) in [5.41, 5.74) is 9.15. The molecule has 196 valence electrons. The van der Waals surface area contributed by atoms with Gasteiger partial charge in [-0.15, -0.1) is 0 Å². The topological polar surface area (TPSA) is 150 Å². The second-order valence-electron chi connectivity index (χ2n) is 8.30. The van der Waals surface area contributed by atoms with E-state index in [2.05, 4.69) is 25.6 Å². The van der Waals surface area contributed by atoms with Crippen molar-refractivity contribution in [3.63, 3.8) is 0 Å². The number of hydrogen-bond donors (Lipinski definition) is 3. The summed E-state index contributed by atoms with van der Waals surface area (Å²) in [5, 5.41) is 18.1. The zero-order valence-corrected chi connectivity index (χ0v) is 21.8. The summed E-state index contributed by atoms with van der Waals surface area (Å²) in [4.78, 5) is 28.1. The first-order chi connectivity index (χ1) is 18.9. The fraction of sp³-hybridized carbons (Fsp3) is 0.0769. The SMILES string of the molecule is Nc1nc(NCCNc2ncc(-n3cnc(-c4ccccc4)c3)c(-c3ccc(Cl)cc3Cl)n2)ccc1[N+](=O)[O-]. The number of anilines is 3. The van der Waals surface area contributed by atoms with Crippen molar-refractivity contribution in [1.29, 1.82) is 0 Å². The second-order valence-corrected chi connectivity index (χ2v) is 9.14. The molecule has 0 saturated carbocycles. The van der Waals surface area contributed by atoms with Gasteiger partial charge in [0.15, 0.2) is 0 Å². The Kier molecular flexibility index (Phi) is 7.53. The van der Waals surface area contributed by atoms with Gasteiger partial charge in [-0.3, -0.25) is 10.1 Å². The lowest BCUT2D eigenvalue weighted by atomic mass is 10.1. The molecule has 0 amide bonds. The van der Waals surface area contributed by atoms with Gasteiger partial charge >= 0.3 is 5.69 Å². The third-order valence-electron chi connectivity index (χ3n) is 5.70. The van der Waals surface area contributed by atoms with Gasteiger partial charge in [-0.05, 0) is 24.3 Å². The summed E-state index contributed by atoms with van der Waals surface area (Å²) >= 11 is 12.7. The second kappa shape index (κ2) is 11.3. The largest absolute Gasteiger partial charge is 0.378 e. The number of pyridine rings is 1. The van der Waals surface area contributed by atoms with Crippen LogP contribution in [0.15, 0.2) is 79.4 Å². The number of nitrogens with zero attached hydrogens (tertiary/aromatic N) is 6. The molecule has 0 bridgehead atoms. The summed E-state index contributed by atoms with van der Waals surface area (Å²) in [6, 6.07) is 17.9. The van der Waals surface area contributed by atoms with Gasteiger partial charge in [0.1, 0.15) is 17.8 Å². The molecule has 3 heterocycles. The Morgan fingerprint density at radius 3 is 2.51 bits per heavy atom. The first-order valence-electron chi connectivity index (χ1n) is 11.7. The molecular weight excluding hydrogens is 541 g/mol. The van der Waals surface area contributed by atoms with Crippen molar-refractivity contribution in [1.82, 2.24) is 24.5 Å². The van der Waals surface area contributed by atoms with Gasteiger partial charge in [0.05, 0.1) is 27.5 Å². The van der Waals surface area contributed by atoms with Crippen LogP contribution in [0.25, 0.3) is 28.2 Å². The number of nitrogens with two attached hydrogens (primary N) is 1. The van der Waals surface area contributed by atoms with E-state index in [0.717, 1.165) is 11.3 Å². The summed E-state index contributed by atoms with van der Waals surface area (Å²) < 4.78 is 1.85. The minimum atomic E-state index is -0.578. The molecule has 0 aliphatic rings. The van der Waals surface area contributed by atoms with E-state index in [0.29, 0.717) is 51.8 Å². The Morgan fingerprint density at radius 1 is 0.974 bits per heavy atom. The Labute approximate surface area is 232 Å². The smallest absolute Gasteiger partial charge is 0.311 e. The molecule has 0 aliphatic carbocycles. The molecule has 0 spiro atoms. The number of hydrogen-bond acceptors (Lipinski definition) is 9. The highest BCUT2D eigenvalue weighted by Gasteiger charge is 2.16. The van der Waals surface area contributed by atoms with Crippen molar-refractivity contribution < 1.29 is 4.92 Å². The van der Waals surface area contributed by atoms with Crippen LogP contribution in [0.4, 0.5) is 23.3 Å². The highest BCUT2D eigenvalue weighted by atomic mass is 35.5. The fourth-order valence-electron chi connectivity index (χ4n) is 3.83. The van der Waals surface area contributed by atoms with Crippen molar-refractivity contribution in [3.8, 4) is 28.2 Å². The van der Waals surface area contributed by atoms with Gasteiger partial charge in [-0.25, -0.2) is 19.9 Å². The highest BCUT2D eigenvalue weighted by Crippen LogP contribution is 2.33. The van der Waals surface area contributed by atoms with Crippen molar-refractivity contribution in [2.45, 2.75) is 0 Å². The molecule has 4 N–H and O–H groups in total. The number of imidazole rings is 1. The first kappa shape index (κ1) is 25.9. The summed E-state index contributed by atoms with van der Waals surface area (Å²) in [5.74, 6) is 0.636. The average Bonchev–Trinajstić information content (AvgIpc) is 3.42. The first-order valence-corrected chi connectivity index (χ1v) is 12.5. The maximum Gasteiger partial charge on any atom is 0.311 e. The molecule has 0 fully saturated rings. The van der Waals surface area contributed by atoms with Crippen LogP contribution in [0.1, 0.15) is 0 Å². The maximum absolute atomic E-state index is 10.9. The number of halogens is 2. The molecule has 0 atom stereocenters. The van der Waals surface area contributed by atoms with Gasteiger partial charge < -0.3 is 20.9 Å². The molecule has 39 heavy (non-hydrogen) atoms.